The fraction of sp³-hybridized carbons (Fsp3) is 0.391. The molecule has 150 valence electrons. The fourth-order valence-electron chi connectivity index (χ4n) is 2.51. The molecule has 2 aromatic carbocycles. The smallest absolute Gasteiger partial charge is 0.307 e. The number of carbonyl (C=O) groups excluding carboxylic acids is 2. The molecule has 0 aliphatic carbocycles. The van der Waals surface area contributed by atoms with E-state index in [9.17, 15) is 9.59 Å². The minimum atomic E-state index is -0.605. The zero-order valence-electron chi connectivity index (χ0n) is 16.8. The van der Waals surface area contributed by atoms with E-state index in [1.807, 2.05) is 81.4 Å². The van der Waals surface area contributed by atoms with Gasteiger partial charge < -0.3 is 14.8 Å². The second-order valence-electron chi connectivity index (χ2n) is 7.67. The summed E-state index contributed by atoms with van der Waals surface area (Å²) in [6.45, 7) is 6.51. The molecule has 0 aliphatic heterocycles. The zero-order valence-corrected chi connectivity index (χ0v) is 16.8. The molecule has 0 saturated heterocycles. The lowest BCUT2D eigenvalue weighted by molar-refractivity contribution is -0.150. The van der Waals surface area contributed by atoms with Crippen molar-refractivity contribution in [2.24, 2.45) is 5.92 Å². The minimum Gasteiger partial charge on any atom is -0.461 e. The molecule has 0 aliphatic rings. The van der Waals surface area contributed by atoms with E-state index in [1.165, 1.54) is 0 Å². The minimum absolute atomic E-state index is 0.0243. The van der Waals surface area contributed by atoms with E-state index in [2.05, 4.69) is 5.32 Å². The van der Waals surface area contributed by atoms with E-state index in [-0.39, 0.29) is 25.5 Å². The van der Waals surface area contributed by atoms with Gasteiger partial charge in [-0.05, 0) is 31.9 Å². The highest BCUT2D eigenvalue weighted by atomic mass is 16.5. The number of hydrogen-bond donors (Lipinski definition) is 1. The maximum absolute atomic E-state index is 12.6. The lowest BCUT2D eigenvalue weighted by Gasteiger charge is -2.23. The SMILES string of the molecule is CC(C)(C)OC[C@@H](CC(=O)OCc1ccccc1)C(=O)NCc1ccccc1. The van der Waals surface area contributed by atoms with E-state index < -0.39 is 17.5 Å². The average Bonchev–Trinajstić information content (AvgIpc) is 2.68. The van der Waals surface area contributed by atoms with Crippen LogP contribution in [0.4, 0.5) is 0 Å². The van der Waals surface area contributed by atoms with Gasteiger partial charge >= 0.3 is 5.97 Å². The molecule has 0 unspecified atom stereocenters. The summed E-state index contributed by atoms with van der Waals surface area (Å²) < 4.78 is 11.1. The van der Waals surface area contributed by atoms with Crippen molar-refractivity contribution in [3.8, 4) is 0 Å². The third-order valence-corrected chi connectivity index (χ3v) is 4.05. The molecule has 28 heavy (non-hydrogen) atoms. The molecule has 1 amide bonds. The van der Waals surface area contributed by atoms with Crippen molar-refractivity contribution in [2.45, 2.75) is 45.9 Å². The molecular formula is C23H29NO4. The highest BCUT2D eigenvalue weighted by Gasteiger charge is 2.25. The van der Waals surface area contributed by atoms with Gasteiger partial charge in [0.1, 0.15) is 6.61 Å². The van der Waals surface area contributed by atoms with Crippen LogP contribution in [0.1, 0.15) is 38.3 Å². The Morgan fingerprint density at radius 1 is 0.929 bits per heavy atom. The fourth-order valence-corrected chi connectivity index (χ4v) is 2.51. The van der Waals surface area contributed by atoms with Crippen LogP contribution in [0, 0.1) is 5.92 Å². The van der Waals surface area contributed by atoms with Gasteiger partial charge in [-0.1, -0.05) is 60.7 Å². The number of carbonyl (C=O) groups is 2. The number of rotatable bonds is 9. The molecule has 1 atom stereocenters. The first-order valence-electron chi connectivity index (χ1n) is 9.48. The van der Waals surface area contributed by atoms with E-state index in [0.29, 0.717) is 6.54 Å². The Labute approximate surface area is 167 Å². The summed E-state index contributed by atoms with van der Waals surface area (Å²) >= 11 is 0. The number of nitrogens with one attached hydrogen (secondary N) is 1. The largest absolute Gasteiger partial charge is 0.461 e. The number of ether oxygens (including phenoxy) is 2. The van der Waals surface area contributed by atoms with Crippen LogP contribution in [0.15, 0.2) is 60.7 Å². The van der Waals surface area contributed by atoms with E-state index in [0.717, 1.165) is 11.1 Å². The molecule has 0 aromatic heterocycles. The topological polar surface area (TPSA) is 64.6 Å². The summed E-state index contributed by atoms with van der Waals surface area (Å²) in [5, 5.41) is 2.89. The Hall–Kier alpha value is -2.66. The summed E-state index contributed by atoms with van der Waals surface area (Å²) in [6, 6.07) is 19.1. The maximum Gasteiger partial charge on any atom is 0.307 e. The third kappa shape index (κ3) is 8.35. The van der Waals surface area contributed by atoms with Gasteiger partial charge in [0.15, 0.2) is 0 Å². The van der Waals surface area contributed by atoms with Crippen LogP contribution in [0.3, 0.4) is 0 Å². The molecule has 0 heterocycles. The van der Waals surface area contributed by atoms with Gasteiger partial charge in [0.25, 0.3) is 0 Å². The quantitative estimate of drug-likeness (QED) is 0.668. The maximum atomic E-state index is 12.6. The summed E-state index contributed by atoms with van der Waals surface area (Å²) in [7, 11) is 0. The van der Waals surface area contributed by atoms with Crippen LogP contribution in [0.2, 0.25) is 0 Å². The summed E-state index contributed by atoms with van der Waals surface area (Å²) in [5.74, 6) is -1.24. The Balaban J connectivity index is 1.91. The van der Waals surface area contributed by atoms with Crippen molar-refractivity contribution >= 4 is 11.9 Å². The molecule has 0 saturated carbocycles. The van der Waals surface area contributed by atoms with Crippen molar-refractivity contribution in [3.05, 3.63) is 71.8 Å². The standard InChI is InChI=1S/C23H29NO4/c1-23(2,3)28-17-20(22(26)24-15-18-10-6-4-7-11-18)14-21(25)27-16-19-12-8-5-9-13-19/h4-13,20H,14-17H2,1-3H3,(H,24,26)/t20-/m1/s1. The van der Waals surface area contributed by atoms with Gasteiger partial charge in [-0.15, -0.1) is 0 Å². The number of amides is 1. The Morgan fingerprint density at radius 3 is 2.07 bits per heavy atom. The lowest BCUT2D eigenvalue weighted by Crippen LogP contribution is -2.36. The highest BCUT2D eigenvalue weighted by molar-refractivity contribution is 5.83. The Bertz CT molecular complexity index is 738. The molecule has 2 rings (SSSR count). The van der Waals surface area contributed by atoms with Gasteiger partial charge in [-0.3, -0.25) is 9.59 Å². The van der Waals surface area contributed by atoms with Gasteiger partial charge in [0, 0.05) is 6.54 Å². The van der Waals surface area contributed by atoms with Crippen molar-refractivity contribution in [1.29, 1.82) is 0 Å². The second-order valence-corrected chi connectivity index (χ2v) is 7.67. The first-order chi connectivity index (χ1) is 13.3. The number of esters is 1. The molecule has 0 spiro atoms. The van der Waals surface area contributed by atoms with E-state index in [4.69, 9.17) is 9.47 Å². The van der Waals surface area contributed by atoms with Crippen molar-refractivity contribution in [3.63, 3.8) is 0 Å². The van der Waals surface area contributed by atoms with Gasteiger partial charge in [-0.25, -0.2) is 0 Å². The van der Waals surface area contributed by atoms with Crippen LogP contribution in [-0.4, -0.2) is 24.1 Å². The summed E-state index contributed by atoms with van der Waals surface area (Å²) in [6.07, 6.45) is -0.0243. The van der Waals surface area contributed by atoms with Crippen LogP contribution < -0.4 is 5.32 Å². The lowest BCUT2D eigenvalue weighted by atomic mass is 10.0. The average molecular weight is 383 g/mol. The first-order valence-corrected chi connectivity index (χ1v) is 9.48. The van der Waals surface area contributed by atoms with Crippen molar-refractivity contribution in [1.82, 2.24) is 5.32 Å². The van der Waals surface area contributed by atoms with Gasteiger partial charge in [-0.2, -0.15) is 0 Å². The third-order valence-electron chi connectivity index (χ3n) is 4.05. The molecule has 1 N–H and O–H groups in total. The molecular weight excluding hydrogens is 354 g/mol. The van der Waals surface area contributed by atoms with Crippen LogP contribution >= 0.6 is 0 Å². The molecule has 0 radical (unpaired) electrons. The Kier molecular flexibility index (Phi) is 8.20. The normalized spacial score (nSPS) is 12.2. The van der Waals surface area contributed by atoms with Crippen LogP contribution in [0.5, 0.6) is 0 Å². The van der Waals surface area contributed by atoms with Gasteiger partial charge in [0.05, 0.1) is 24.5 Å². The Morgan fingerprint density at radius 2 is 1.50 bits per heavy atom. The molecule has 0 fully saturated rings. The predicted molar refractivity (Wildman–Crippen MR) is 108 cm³/mol. The molecule has 5 nitrogen and oxygen atoms in total. The molecule has 2 aromatic rings. The number of hydrogen-bond acceptors (Lipinski definition) is 4. The second kappa shape index (κ2) is 10.6. The molecule has 5 heteroatoms. The van der Waals surface area contributed by atoms with E-state index >= 15 is 0 Å². The number of benzene rings is 2. The van der Waals surface area contributed by atoms with Gasteiger partial charge in [0.2, 0.25) is 5.91 Å². The van der Waals surface area contributed by atoms with Crippen LogP contribution in [-0.2, 0) is 32.2 Å². The van der Waals surface area contributed by atoms with Crippen LogP contribution in [0.25, 0.3) is 0 Å². The monoisotopic (exact) mass is 383 g/mol. The summed E-state index contributed by atoms with van der Waals surface area (Å²) in [5.41, 5.74) is 1.51. The van der Waals surface area contributed by atoms with Crippen molar-refractivity contribution < 1.29 is 19.1 Å². The first kappa shape index (κ1) is 21.6. The zero-order chi connectivity index (χ0) is 20.4. The molecule has 0 bridgehead atoms. The predicted octanol–water partition coefficient (Wildman–Crippen LogP) is 3.87. The van der Waals surface area contributed by atoms with Crippen molar-refractivity contribution in [2.75, 3.05) is 6.61 Å². The van der Waals surface area contributed by atoms with E-state index in [1.54, 1.807) is 0 Å². The summed E-state index contributed by atoms with van der Waals surface area (Å²) in [4.78, 5) is 24.9. The highest BCUT2D eigenvalue weighted by Crippen LogP contribution is 2.14.